The third kappa shape index (κ3) is 3.00. The summed E-state index contributed by atoms with van der Waals surface area (Å²) in [4.78, 5) is 0. The van der Waals surface area contributed by atoms with Crippen molar-refractivity contribution in [1.82, 2.24) is 5.32 Å². The van der Waals surface area contributed by atoms with Crippen LogP contribution in [0.1, 0.15) is 40.5 Å². The first-order valence-electron chi connectivity index (χ1n) is 4.28. The molecule has 1 aliphatic rings. The van der Waals surface area contributed by atoms with E-state index in [2.05, 4.69) is 33.0 Å². The molecule has 0 atom stereocenters. The Morgan fingerprint density at radius 3 is 1.73 bits per heavy atom. The number of nitrogens with one attached hydrogen (secondary N) is 1. The quantitative estimate of drug-likeness (QED) is 0.700. The van der Waals surface area contributed by atoms with Crippen molar-refractivity contribution in [2.45, 2.75) is 55.2 Å². The van der Waals surface area contributed by atoms with Gasteiger partial charge in [-0.05, 0) is 0 Å². The van der Waals surface area contributed by atoms with Crippen LogP contribution in [0.3, 0.4) is 0 Å². The third-order valence-electron chi connectivity index (χ3n) is 2.17. The summed E-state index contributed by atoms with van der Waals surface area (Å²) in [6.45, 7) is 9.26. The number of rotatable bonds is 0. The molecule has 1 saturated heterocycles. The maximum absolute atomic E-state index is 3.68. The van der Waals surface area contributed by atoms with Gasteiger partial charge in [0.25, 0.3) is 0 Å². The van der Waals surface area contributed by atoms with E-state index in [1.54, 1.807) is 25.1 Å². The van der Waals surface area contributed by atoms with Gasteiger partial charge in [0.05, 0.1) is 0 Å². The van der Waals surface area contributed by atoms with Crippen molar-refractivity contribution in [3.8, 4) is 0 Å². The van der Waals surface area contributed by atoms with Gasteiger partial charge >= 0.3 is 85.6 Å². The Balaban J connectivity index is 2.66. The number of hydrogen-bond acceptors (Lipinski definition) is 1. The number of hydrogen-bond donors (Lipinski definition) is 1. The second-order valence-electron chi connectivity index (χ2n) is 4.95. The fourth-order valence-corrected chi connectivity index (χ4v) is 5.82. The summed E-state index contributed by atoms with van der Waals surface area (Å²) < 4.78 is 0.973. The molecule has 1 aliphatic heterocycles. The topological polar surface area (TPSA) is 12.0 Å². The molecule has 0 aromatic heterocycles. The molecule has 0 aromatic carbocycles. The second kappa shape index (κ2) is 2.97. The standard InChI is InChI=1S/C9H18N.Po.H/c1-8(2)6-5-7-9(3,4)10-8;;/h5,10H,6-7H2,1-4H3;;. The number of piperidine rings is 1. The molecule has 1 fully saturated rings. The van der Waals surface area contributed by atoms with E-state index in [1.807, 2.05) is 0 Å². The summed E-state index contributed by atoms with van der Waals surface area (Å²) in [6.07, 6.45) is 2.70. The summed E-state index contributed by atoms with van der Waals surface area (Å²) in [5.41, 5.74) is 0.725. The zero-order valence-electron chi connectivity index (χ0n) is 7.94. The molecule has 11 heavy (non-hydrogen) atoms. The zero-order valence-corrected chi connectivity index (χ0v) is 11.4. The van der Waals surface area contributed by atoms with Crippen LogP contribution in [-0.4, -0.2) is 36.1 Å². The molecule has 0 saturated carbocycles. The molecule has 1 rings (SSSR count). The van der Waals surface area contributed by atoms with Crippen molar-refractivity contribution < 1.29 is 0 Å². The molecule has 2 heteroatoms. The molecule has 1 nitrogen and oxygen atoms in total. The van der Waals surface area contributed by atoms with E-state index in [9.17, 15) is 0 Å². The van der Waals surface area contributed by atoms with Crippen molar-refractivity contribution in [3.05, 3.63) is 0 Å². The van der Waals surface area contributed by atoms with Gasteiger partial charge in [-0.3, -0.25) is 0 Å². The summed E-state index contributed by atoms with van der Waals surface area (Å²) in [5, 5.41) is 3.68. The van der Waals surface area contributed by atoms with Gasteiger partial charge in [-0.25, -0.2) is 0 Å². The average Bonchev–Trinajstić information content (AvgIpc) is 1.49. The predicted octanol–water partition coefficient (Wildman–Crippen LogP) is 1.62. The summed E-state index contributed by atoms with van der Waals surface area (Å²) in [7, 11) is 0. The summed E-state index contributed by atoms with van der Waals surface area (Å²) in [6, 6.07) is 0. The summed E-state index contributed by atoms with van der Waals surface area (Å²) in [5.74, 6) is 0. The van der Waals surface area contributed by atoms with Gasteiger partial charge in [0.15, 0.2) is 0 Å². The summed E-state index contributed by atoms with van der Waals surface area (Å²) >= 11 is 1.55. The van der Waals surface area contributed by atoms with E-state index in [-0.39, 0.29) is 0 Å². The van der Waals surface area contributed by atoms with E-state index in [4.69, 9.17) is 0 Å². The van der Waals surface area contributed by atoms with Crippen LogP contribution in [0.4, 0.5) is 0 Å². The van der Waals surface area contributed by atoms with Crippen LogP contribution in [-0.2, 0) is 0 Å². The third-order valence-corrected chi connectivity index (χ3v) is 3.59. The normalized spacial score (nSPS) is 30.3. The molecule has 0 unspecified atom stereocenters. The van der Waals surface area contributed by atoms with Crippen LogP contribution >= 0.6 is 0 Å². The van der Waals surface area contributed by atoms with Crippen molar-refractivity contribution >= 4 is 25.1 Å². The fraction of sp³-hybridized carbons (Fsp3) is 1.00. The molecule has 0 amide bonds. The maximum atomic E-state index is 3.68. The fourth-order valence-electron chi connectivity index (χ4n) is 2.27. The zero-order chi connectivity index (χ0) is 8.70. The van der Waals surface area contributed by atoms with E-state index in [1.165, 1.54) is 12.8 Å². The van der Waals surface area contributed by atoms with E-state index < -0.39 is 0 Å². The van der Waals surface area contributed by atoms with Crippen LogP contribution in [0.5, 0.6) is 0 Å². The first kappa shape index (κ1) is 9.94. The second-order valence-corrected chi connectivity index (χ2v) is 7.79. The van der Waals surface area contributed by atoms with Crippen LogP contribution in [0.2, 0.25) is 3.58 Å². The molecule has 1 heterocycles. The van der Waals surface area contributed by atoms with E-state index >= 15 is 0 Å². The van der Waals surface area contributed by atoms with Crippen LogP contribution in [0, 0.1) is 0 Å². The van der Waals surface area contributed by atoms with Gasteiger partial charge in [-0.15, -0.1) is 0 Å². The molecular weight excluding hydrogens is 331 g/mol. The molecule has 0 aromatic rings. The SMILES string of the molecule is CC1(C)C[CH]([PoH])CC(C)(C)N1. The van der Waals surface area contributed by atoms with Crippen molar-refractivity contribution in [2.24, 2.45) is 0 Å². The monoisotopic (exact) mass is 350 g/mol. The van der Waals surface area contributed by atoms with E-state index in [0.29, 0.717) is 11.1 Å². The van der Waals surface area contributed by atoms with Crippen LogP contribution in [0.25, 0.3) is 0 Å². The van der Waals surface area contributed by atoms with Gasteiger partial charge < -0.3 is 0 Å². The Kier molecular flexibility index (Phi) is 2.68. The van der Waals surface area contributed by atoms with Crippen LogP contribution in [0.15, 0.2) is 0 Å². The molecule has 0 bridgehead atoms. The van der Waals surface area contributed by atoms with Crippen molar-refractivity contribution in [3.63, 3.8) is 0 Å². The Bertz CT molecular complexity index is 136. The minimum atomic E-state index is 0.362. The Labute approximate surface area is 85.4 Å². The van der Waals surface area contributed by atoms with Gasteiger partial charge in [0.2, 0.25) is 0 Å². The Morgan fingerprint density at radius 2 is 1.45 bits per heavy atom. The first-order chi connectivity index (χ1) is 4.81. The van der Waals surface area contributed by atoms with Crippen molar-refractivity contribution in [2.75, 3.05) is 0 Å². The molecule has 0 aliphatic carbocycles. The molecular formula is C9H19NPo. The van der Waals surface area contributed by atoms with Gasteiger partial charge in [-0.1, -0.05) is 0 Å². The van der Waals surface area contributed by atoms with Crippen molar-refractivity contribution in [1.29, 1.82) is 0 Å². The predicted molar refractivity (Wildman–Crippen MR) is 51.4 cm³/mol. The molecule has 0 radical (unpaired) electrons. The van der Waals surface area contributed by atoms with E-state index in [0.717, 1.165) is 3.58 Å². The molecule has 66 valence electrons. The Hall–Kier alpha value is 0.856. The average molecular weight is 350 g/mol. The first-order valence-corrected chi connectivity index (χ1v) is 6.29. The van der Waals surface area contributed by atoms with Crippen LogP contribution < -0.4 is 5.32 Å². The minimum absolute atomic E-state index is 0.362. The Morgan fingerprint density at radius 1 is 1.09 bits per heavy atom. The van der Waals surface area contributed by atoms with Gasteiger partial charge in [0.1, 0.15) is 0 Å². The van der Waals surface area contributed by atoms with Gasteiger partial charge in [-0.2, -0.15) is 0 Å². The van der Waals surface area contributed by atoms with Gasteiger partial charge in [0, 0.05) is 0 Å². The molecule has 1 N–H and O–H groups in total. The molecule has 0 spiro atoms.